The lowest BCUT2D eigenvalue weighted by atomic mass is 10.1. The van der Waals surface area contributed by atoms with E-state index >= 15 is 0 Å². The number of alkyl halides is 1. The van der Waals surface area contributed by atoms with Gasteiger partial charge in [0.1, 0.15) is 0 Å². The van der Waals surface area contributed by atoms with Crippen molar-refractivity contribution in [2.24, 2.45) is 0 Å². The third kappa shape index (κ3) is 2.70. The summed E-state index contributed by atoms with van der Waals surface area (Å²) in [5, 5.41) is 0.667. The lowest BCUT2D eigenvalue weighted by Crippen LogP contribution is -2.08. The van der Waals surface area contributed by atoms with Gasteiger partial charge in [0.25, 0.3) is 0 Å². The van der Waals surface area contributed by atoms with Gasteiger partial charge in [0.15, 0.2) is 0 Å². The zero-order valence-corrected chi connectivity index (χ0v) is 11.5. The maximum Gasteiger partial charge on any atom is 0.338 e. The van der Waals surface area contributed by atoms with Gasteiger partial charge in [-0.3, -0.25) is 0 Å². The van der Waals surface area contributed by atoms with Crippen molar-refractivity contribution in [3.8, 4) is 0 Å². The third-order valence-corrected chi connectivity index (χ3v) is 3.32. The minimum Gasteiger partial charge on any atom is -0.462 e. The molecule has 0 bridgehead atoms. The third-order valence-electron chi connectivity index (χ3n) is 1.75. The molecule has 0 aliphatic carbocycles. The van der Waals surface area contributed by atoms with Crippen molar-refractivity contribution in [2.45, 2.75) is 12.3 Å². The predicted octanol–water partition coefficient (Wildman–Crippen LogP) is 3.36. The first-order valence-electron chi connectivity index (χ1n) is 4.21. The standard InChI is InChI=1S/C10H10BrIO2/c1-2-14-10(13)7-4-3-5-9(12)8(7)6-11/h3-5H,2,6H2,1H3. The number of benzene rings is 1. The number of ether oxygens (including phenoxy) is 1. The van der Waals surface area contributed by atoms with Crippen molar-refractivity contribution in [2.75, 3.05) is 6.61 Å². The van der Waals surface area contributed by atoms with Gasteiger partial charge in [-0.05, 0) is 47.2 Å². The first-order valence-corrected chi connectivity index (χ1v) is 6.41. The van der Waals surface area contributed by atoms with Crippen LogP contribution in [-0.2, 0) is 10.1 Å². The Hall–Kier alpha value is -0.100. The summed E-state index contributed by atoms with van der Waals surface area (Å²) in [7, 11) is 0. The number of hydrogen-bond acceptors (Lipinski definition) is 2. The van der Waals surface area contributed by atoms with Crippen LogP contribution in [0.2, 0.25) is 0 Å². The molecule has 0 unspecified atom stereocenters. The highest BCUT2D eigenvalue weighted by molar-refractivity contribution is 14.1. The Labute approximate surface area is 105 Å². The van der Waals surface area contributed by atoms with Crippen molar-refractivity contribution in [3.05, 3.63) is 32.9 Å². The predicted molar refractivity (Wildman–Crippen MR) is 67.7 cm³/mol. The molecular weight excluding hydrogens is 359 g/mol. The molecule has 0 aliphatic rings. The molecular formula is C10H10BrIO2. The molecule has 14 heavy (non-hydrogen) atoms. The highest BCUT2D eigenvalue weighted by Crippen LogP contribution is 2.20. The van der Waals surface area contributed by atoms with Crippen LogP contribution in [0, 0.1) is 3.57 Å². The average Bonchev–Trinajstić information content (AvgIpc) is 2.17. The summed E-state index contributed by atoms with van der Waals surface area (Å²) in [5.74, 6) is -0.250. The molecule has 0 N–H and O–H groups in total. The maximum atomic E-state index is 11.5. The minimum atomic E-state index is -0.250. The fourth-order valence-corrected chi connectivity index (χ4v) is 2.91. The van der Waals surface area contributed by atoms with E-state index in [0.29, 0.717) is 17.5 Å². The Morgan fingerprint density at radius 2 is 2.29 bits per heavy atom. The SMILES string of the molecule is CCOC(=O)c1cccc(I)c1CBr. The fourth-order valence-electron chi connectivity index (χ4n) is 1.09. The molecule has 0 aliphatic heterocycles. The lowest BCUT2D eigenvalue weighted by molar-refractivity contribution is 0.0525. The first kappa shape index (κ1) is 12.0. The Bertz CT molecular complexity index is 339. The molecule has 4 heteroatoms. The van der Waals surface area contributed by atoms with E-state index in [1.165, 1.54) is 0 Å². The Balaban J connectivity index is 3.07. The van der Waals surface area contributed by atoms with Crippen LogP contribution in [0.25, 0.3) is 0 Å². The maximum absolute atomic E-state index is 11.5. The van der Waals surface area contributed by atoms with Gasteiger partial charge in [-0.2, -0.15) is 0 Å². The topological polar surface area (TPSA) is 26.3 Å². The van der Waals surface area contributed by atoms with Gasteiger partial charge in [0.05, 0.1) is 12.2 Å². The van der Waals surface area contributed by atoms with Crippen LogP contribution in [0.1, 0.15) is 22.8 Å². The second kappa shape index (κ2) is 5.70. The van der Waals surface area contributed by atoms with Crippen LogP contribution in [0.4, 0.5) is 0 Å². The lowest BCUT2D eigenvalue weighted by Gasteiger charge is -2.07. The van der Waals surface area contributed by atoms with E-state index in [4.69, 9.17) is 4.74 Å². The van der Waals surface area contributed by atoms with Gasteiger partial charge >= 0.3 is 5.97 Å². The summed E-state index contributed by atoms with van der Waals surface area (Å²) >= 11 is 5.58. The number of carbonyl (C=O) groups is 1. The number of carbonyl (C=O) groups excluding carboxylic acids is 1. The van der Waals surface area contributed by atoms with Gasteiger partial charge in [-0.25, -0.2) is 4.79 Å². The molecule has 0 saturated heterocycles. The Kier molecular flexibility index (Phi) is 4.88. The van der Waals surface area contributed by atoms with Crippen molar-refractivity contribution >= 4 is 44.5 Å². The van der Waals surface area contributed by atoms with E-state index in [1.54, 1.807) is 13.0 Å². The number of hydrogen-bond donors (Lipinski definition) is 0. The monoisotopic (exact) mass is 368 g/mol. The molecule has 0 aromatic heterocycles. The summed E-state index contributed by atoms with van der Waals surface area (Å²) in [6.07, 6.45) is 0. The van der Waals surface area contributed by atoms with E-state index in [2.05, 4.69) is 38.5 Å². The summed E-state index contributed by atoms with van der Waals surface area (Å²) < 4.78 is 6.04. The van der Waals surface area contributed by atoms with Crippen LogP contribution in [0.5, 0.6) is 0 Å². The molecule has 0 fully saturated rings. The van der Waals surface area contributed by atoms with Crippen molar-refractivity contribution < 1.29 is 9.53 Å². The molecule has 1 aromatic rings. The van der Waals surface area contributed by atoms with Gasteiger partial charge < -0.3 is 4.74 Å². The van der Waals surface area contributed by atoms with Crippen LogP contribution in [0.15, 0.2) is 18.2 Å². The van der Waals surface area contributed by atoms with Crippen LogP contribution < -0.4 is 0 Å². The molecule has 1 aromatic carbocycles. The molecule has 2 nitrogen and oxygen atoms in total. The van der Waals surface area contributed by atoms with Crippen molar-refractivity contribution in [1.29, 1.82) is 0 Å². The molecule has 0 amide bonds. The largest absolute Gasteiger partial charge is 0.462 e. The van der Waals surface area contributed by atoms with Crippen LogP contribution in [0.3, 0.4) is 0 Å². The zero-order valence-electron chi connectivity index (χ0n) is 7.72. The number of esters is 1. The van der Waals surface area contributed by atoms with Gasteiger partial charge in [0.2, 0.25) is 0 Å². The molecule has 0 atom stereocenters. The van der Waals surface area contributed by atoms with Crippen molar-refractivity contribution in [1.82, 2.24) is 0 Å². The van der Waals surface area contributed by atoms with Gasteiger partial charge in [-0.1, -0.05) is 22.0 Å². The van der Waals surface area contributed by atoms with E-state index in [1.807, 2.05) is 12.1 Å². The second-order valence-electron chi connectivity index (χ2n) is 2.62. The molecule has 0 radical (unpaired) electrons. The number of halogens is 2. The zero-order chi connectivity index (χ0) is 10.6. The summed E-state index contributed by atoms with van der Waals surface area (Å²) in [6, 6.07) is 5.62. The summed E-state index contributed by atoms with van der Waals surface area (Å²) in [6.45, 7) is 2.21. The summed E-state index contributed by atoms with van der Waals surface area (Å²) in [5.41, 5.74) is 1.64. The van der Waals surface area contributed by atoms with E-state index in [0.717, 1.165) is 9.13 Å². The highest BCUT2D eigenvalue weighted by Gasteiger charge is 2.13. The Morgan fingerprint density at radius 1 is 1.57 bits per heavy atom. The molecule has 0 heterocycles. The molecule has 0 spiro atoms. The van der Waals surface area contributed by atoms with Crippen LogP contribution in [-0.4, -0.2) is 12.6 Å². The number of rotatable bonds is 3. The first-order chi connectivity index (χ1) is 6.70. The summed E-state index contributed by atoms with van der Waals surface area (Å²) in [4.78, 5) is 11.5. The van der Waals surface area contributed by atoms with E-state index in [-0.39, 0.29) is 5.97 Å². The van der Waals surface area contributed by atoms with Gasteiger partial charge in [0, 0.05) is 8.90 Å². The quantitative estimate of drug-likeness (QED) is 0.464. The highest BCUT2D eigenvalue weighted by atomic mass is 127. The van der Waals surface area contributed by atoms with Crippen molar-refractivity contribution in [3.63, 3.8) is 0 Å². The second-order valence-corrected chi connectivity index (χ2v) is 4.34. The molecule has 76 valence electrons. The minimum absolute atomic E-state index is 0.250. The Morgan fingerprint density at radius 3 is 2.86 bits per heavy atom. The normalized spacial score (nSPS) is 9.93. The smallest absolute Gasteiger partial charge is 0.338 e. The van der Waals surface area contributed by atoms with Crippen LogP contribution >= 0.6 is 38.5 Å². The average molecular weight is 369 g/mol. The van der Waals surface area contributed by atoms with E-state index < -0.39 is 0 Å². The van der Waals surface area contributed by atoms with Gasteiger partial charge in [-0.15, -0.1) is 0 Å². The fraction of sp³-hybridized carbons (Fsp3) is 0.300. The van der Waals surface area contributed by atoms with E-state index in [9.17, 15) is 4.79 Å². The molecule has 0 saturated carbocycles. The molecule has 1 rings (SSSR count).